The van der Waals surface area contributed by atoms with E-state index in [1.807, 2.05) is 74.8 Å². The van der Waals surface area contributed by atoms with E-state index in [-0.39, 0.29) is 18.1 Å². The van der Waals surface area contributed by atoms with Gasteiger partial charge in [-0.3, -0.25) is 14.9 Å². The summed E-state index contributed by atoms with van der Waals surface area (Å²) in [7, 11) is 3.98. The quantitative estimate of drug-likeness (QED) is 0.147. The van der Waals surface area contributed by atoms with E-state index in [0.717, 1.165) is 28.8 Å². The number of benzene rings is 2. The number of fused-ring (bicyclic) bond motifs is 2. The van der Waals surface area contributed by atoms with Gasteiger partial charge in [0.05, 0.1) is 35.0 Å². The zero-order valence-corrected chi connectivity index (χ0v) is 25.8. The molecule has 0 saturated carbocycles. The van der Waals surface area contributed by atoms with Crippen molar-refractivity contribution >= 4 is 39.5 Å². The third kappa shape index (κ3) is 6.53. The SMILES string of the molecule is CN(C)CCNc1cc(F)cc(-c2ccnc3nc(-c4n[nH]c5ccc(-c6cncc(NC(=O)Cc7ccccc7)c6)nc45)[nH]c23)c1. The van der Waals surface area contributed by atoms with E-state index in [1.165, 1.54) is 12.1 Å². The molecule has 7 aromatic rings. The normalized spacial score (nSPS) is 11.4. The Morgan fingerprint density at radius 2 is 1.79 bits per heavy atom. The number of aromatic amines is 2. The van der Waals surface area contributed by atoms with Crippen molar-refractivity contribution in [3.63, 3.8) is 0 Å². The van der Waals surface area contributed by atoms with E-state index < -0.39 is 0 Å². The lowest BCUT2D eigenvalue weighted by Gasteiger charge is -2.13. The average molecular weight is 627 g/mol. The summed E-state index contributed by atoms with van der Waals surface area (Å²) in [4.78, 5) is 36.5. The molecule has 0 unspecified atom stereocenters. The fourth-order valence-electron chi connectivity index (χ4n) is 5.39. The molecule has 0 radical (unpaired) electrons. The zero-order valence-electron chi connectivity index (χ0n) is 25.8. The lowest BCUT2D eigenvalue weighted by molar-refractivity contribution is -0.115. The second-order valence-electron chi connectivity index (χ2n) is 11.4. The van der Waals surface area contributed by atoms with Crippen molar-refractivity contribution in [1.82, 2.24) is 40.0 Å². The lowest BCUT2D eigenvalue weighted by Crippen LogP contribution is -2.20. The number of hydrogen-bond donors (Lipinski definition) is 4. The number of pyridine rings is 3. The van der Waals surface area contributed by atoms with Gasteiger partial charge in [0, 0.05) is 42.3 Å². The monoisotopic (exact) mass is 626 g/mol. The van der Waals surface area contributed by atoms with Crippen LogP contribution in [0.25, 0.3) is 56.1 Å². The Balaban J connectivity index is 1.18. The van der Waals surface area contributed by atoms with Crippen LogP contribution in [0.1, 0.15) is 5.56 Å². The van der Waals surface area contributed by atoms with E-state index in [0.29, 0.717) is 57.4 Å². The van der Waals surface area contributed by atoms with Crippen molar-refractivity contribution in [3.05, 3.63) is 103 Å². The van der Waals surface area contributed by atoms with Crippen molar-refractivity contribution < 1.29 is 9.18 Å². The number of aromatic nitrogens is 7. The van der Waals surface area contributed by atoms with Crippen LogP contribution in [0.3, 0.4) is 0 Å². The van der Waals surface area contributed by atoms with Crippen LogP contribution in [0.2, 0.25) is 0 Å². The summed E-state index contributed by atoms with van der Waals surface area (Å²) in [5.41, 5.74) is 7.97. The average Bonchev–Trinajstić information content (AvgIpc) is 3.69. The number of likely N-dealkylation sites (N-methyl/N-ethyl adjacent to an activating group) is 1. The highest BCUT2D eigenvalue weighted by molar-refractivity contribution is 5.96. The Labute approximate surface area is 269 Å². The Morgan fingerprint density at radius 1 is 0.936 bits per heavy atom. The molecule has 5 heterocycles. The Bertz CT molecular complexity index is 2210. The number of carbonyl (C=O) groups excluding carboxylic acids is 1. The molecule has 47 heavy (non-hydrogen) atoms. The maximum absolute atomic E-state index is 14.7. The van der Waals surface area contributed by atoms with Crippen LogP contribution in [0.4, 0.5) is 15.8 Å². The van der Waals surface area contributed by atoms with Crippen LogP contribution in [0, 0.1) is 5.82 Å². The number of anilines is 2. The lowest BCUT2D eigenvalue weighted by atomic mass is 10.0. The summed E-state index contributed by atoms with van der Waals surface area (Å²) in [6, 6.07) is 21.9. The molecule has 11 nitrogen and oxygen atoms in total. The molecule has 0 spiro atoms. The summed E-state index contributed by atoms with van der Waals surface area (Å²) in [5.74, 6) is -0.0101. The topological polar surface area (TPSA) is 140 Å². The number of nitrogens with one attached hydrogen (secondary N) is 4. The van der Waals surface area contributed by atoms with Gasteiger partial charge in [0.25, 0.3) is 0 Å². The van der Waals surface area contributed by atoms with Gasteiger partial charge in [-0.2, -0.15) is 5.10 Å². The summed E-state index contributed by atoms with van der Waals surface area (Å²) < 4.78 is 14.7. The number of amides is 1. The van der Waals surface area contributed by atoms with Crippen LogP contribution >= 0.6 is 0 Å². The van der Waals surface area contributed by atoms with E-state index >= 15 is 0 Å². The first-order chi connectivity index (χ1) is 22.9. The van der Waals surface area contributed by atoms with Crippen LogP contribution in [-0.2, 0) is 11.2 Å². The first-order valence-electron chi connectivity index (χ1n) is 15.1. The van der Waals surface area contributed by atoms with Crippen LogP contribution in [0.5, 0.6) is 0 Å². The minimum absolute atomic E-state index is 0.136. The van der Waals surface area contributed by atoms with Gasteiger partial charge in [-0.25, -0.2) is 19.3 Å². The first-order valence-corrected chi connectivity index (χ1v) is 15.1. The van der Waals surface area contributed by atoms with Gasteiger partial charge in [0.2, 0.25) is 5.91 Å². The number of H-pyrrole nitrogens is 2. The molecule has 7 rings (SSSR count). The predicted molar refractivity (Wildman–Crippen MR) is 181 cm³/mol. The molecule has 0 atom stereocenters. The highest BCUT2D eigenvalue weighted by Gasteiger charge is 2.18. The number of halogens is 1. The highest BCUT2D eigenvalue weighted by Crippen LogP contribution is 2.32. The smallest absolute Gasteiger partial charge is 0.228 e. The van der Waals surface area contributed by atoms with Gasteiger partial charge in [0.15, 0.2) is 17.2 Å². The molecule has 234 valence electrons. The molecule has 1 amide bonds. The molecule has 12 heteroatoms. The fraction of sp³-hybridized carbons (Fsp3) is 0.143. The first kappa shape index (κ1) is 29.7. The minimum atomic E-state index is -0.344. The number of rotatable bonds is 10. The van der Waals surface area contributed by atoms with Gasteiger partial charge >= 0.3 is 0 Å². The van der Waals surface area contributed by atoms with Crippen LogP contribution < -0.4 is 10.6 Å². The summed E-state index contributed by atoms with van der Waals surface area (Å²) >= 11 is 0. The molecular formula is C35H31FN10O. The minimum Gasteiger partial charge on any atom is -0.384 e. The molecule has 0 bridgehead atoms. The van der Waals surface area contributed by atoms with Crippen LogP contribution in [0.15, 0.2) is 91.4 Å². The molecule has 5 aromatic heterocycles. The third-order valence-electron chi connectivity index (χ3n) is 7.65. The molecule has 2 aromatic carbocycles. The summed E-state index contributed by atoms with van der Waals surface area (Å²) in [6.07, 6.45) is 5.22. The van der Waals surface area contributed by atoms with Crippen molar-refractivity contribution in [2.45, 2.75) is 6.42 Å². The molecule has 0 aliphatic heterocycles. The molecule has 0 saturated heterocycles. The number of nitrogens with zero attached hydrogens (tertiary/aromatic N) is 6. The number of hydrogen-bond acceptors (Lipinski definition) is 8. The maximum Gasteiger partial charge on any atom is 0.228 e. The second-order valence-corrected chi connectivity index (χ2v) is 11.4. The highest BCUT2D eigenvalue weighted by atomic mass is 19.1. The van der Waals surface area contributed by atoms with E-state index in [9.17, 15) is 9.18 Å². The van der Waals surface area contributed by atoms with E-state index in [1.54, 1.807) is 18.6 Å². The van der Waals surface area contributed by atoms with Gasteiger partial charge in [-0.15, -0.1) is 0 Å². The molecule has 4 N–H and O–H groups in total. The van der Waals surface area contributed by atoms with Gasteiger partial charge in [-0.05, 0) is 67.7 Å². The number of imidazole rings is 1. The van der Waals surface area contributed by atoms with Crippen molar-refractivity contribution in [2.24, 2.45) is 0 Å². The molecule has 0 aliphatic rings. The van der Waals surface area contributed by atoms with Crippen molar-refractivity contribution in [3.8, 4) is 33.9 Å². The zero-order chi connectivity index (χ0) is 32.3. The maximum atomic E-state index is 14.7. The fourth-order valence-corrected chi connectivity index (χ4v) is 5.39. The Hall–Kier alpha value is -6.01. The Kier molecular flexibility index (Phi) is 8.07. The van der Waals surface area contributed by atoms with Crippen molar-refractivity contribution in [1.29, 1.82) is 0 Å². The molecule has 0 fully saturated rings. The van der Waals surface area contributed by atoms with Crippen molar-refractivity contribution in [2.75, 3.05) is 37.8 Å². The molecule has 0 aliphatic carbocycles. The molecular weight excluding hydrogens is 595 g/mol. The standard InChI is InChI=1S/C35H31FN10O/c1-46(2)13-12-38-25-16-22(15-24(36)18-25)27-10-11-39-34-31(27)42-35(43-34)33-32-29(44-45-33)9-8-28(41-32)23-17-26(20-37-19-23)40-30(47)14-21-6-4-3-5-7-21/h3-11,15-20,38H,12-14H2,1-2H3,(H,40,47)(H,44,45)(H,39,42,43). The predicted octanol–water partition coefficient (Wildman–Crippen LogP) is 5.92. The largest absolute Gasteiger partial charge is 0.384 e. The van der Waals surface area contributed by atoms with Crippen LogP contribution in [-0.4, -0.2) is 73.1 Å². The summed E-state index contributed by atoms with van der Waals surface area (Å²) in [5, 5.41) is 13.8. The van der Waals surface area contributed by atoms with Gasteiger partial charge < -0.3 is 20.5 Å². The van der Waals surface area contributed by atoms with Gasteiger partial charge in [-0.1, -0.05) is 30.3 Å². The second kappa shape index (κ2) is 12.8. The van der Waals surface area contributed by atoms with Gasteiger partial charge in [0.1, 0.15) is 11.3 Å². The van der Waals surface area contributed by atoms with E-state index in [4.69, 9.17) is 9.97 Å². The van der Waals surface area contributed by atoms with E-state index in [2.05, 4.69) is 40.7 Å². The third-order valence-corrected chi connectivity index (χ3v) is 7.65. The number of carbonyl (C=O) groups is 1. The Morgan fingerprint density at radius 3 is 2.64 bits per heavy atom. The summed E-state index contributed by atoms with van der Waals surface area (Å²) in [6.45, 7) is 1.50.